The molecule has 2 amide bonds. The standard InChI is InChI=1S/C20H23N3O4S/c1-4-11-21-19(24)14(3)22-20(25)15-7-10-18(17(12-15)23(26)27)28-16-8-5-13(2)6-9-16/h5-10,12,14H,4,11H2,1-3H3,(H,21,24)(H,22,25)/t14-/m1/s1. The second-order valence-corrected chi connectivity index (χ2v) is 7.46. The summed E-state index contributed by atoms with van der Waals surface area (Å²) in [4.78, 5) is 36.6. The molecular formula is C20H23N3O4S. The summed E-state index contributed by atoms with van der Waals surface area (Å²) in [5.41, 5.74) is 1.08. The van der Waals surface area contributed by atoms with E-state index in [1.54, 1.807) is 13.0 Å². The van der Waals surface area contributed by atoms with Gasteiger partial charge in [0, 0.05) is 23.1 Å². The van der Waals surface area contributed by atoms with Crippen molar-refractivity contribution in [3.05, 3.63) is 63.7 Å². The van der Waals surface area contributed by atoms with Crippen molar-refractivity contribution < 1.29 is 14.5 Å². The second-order valence-electron chi connectivity index (χ2n) is 6.34. The summed E-state index contributed by atoms with van der Waals surface area (Å²) < 4.78 is 0. The van der Waals surface area contributed by atoms with E-state index in [1.807, 2.05) is 38.1 Å². The van der Waals surface area contributed by atoms with Gasteiger partial charge in [0.25, 0.3) is 11.6 Å². The molecule has 2 aromatic carbocycles. The zero-order valence-electron chi connectivity index (χ0n) is 16.0. The average Bonchev–Trinajstić information content (AvgIpc) is 2.67. The lowest BCUT2D eigenvalue weighted by molar-refractivity contribution is -0.387. The number of carbonyl (C=O) groups is 2. The van der Waals surface area contributed by atoms with Gasteiger partial charge in [-0.05, 0) is 44.5 Å². The lowest BCUT2D eigenvalue weighted by Crippen LogP contribution is -2.45. The molecule has 8 heteroatoms. The van der Waals surface area contributed by atoms with Crippen molar-refractivity contribution in [2.75, 3.05) is 6.54 Å². The predicted octanol–water partition coefficient (Wildman–Crippen LogP) is 3.70. The predicted molar refractivity (Wildman–Crippen MR) is 109 cm³/mol. The first-order chi connectivity index (χ1) is 13.3. The first kappa shape index (κ1) is 21.4. The van der Waals surface area contributed by atoms with Crippen molar-refractivity contribution in [2.24, 2.45) is 0 Å². The van der Waals surface area contributed by atoms with Crippen LogP contribution in [0.15, 0.2) is 52.3 Å². The highest BCUT2D eigenvalue weighted by molar-refractivity contribution is 7.99. The molecule has 0 heterocycles. The van der Waals surface area contributed by atoms with Crippen LogP contribution in [-0.4, -0.2) is 29.3 Å². The van der Waals surface area contributed by atoms with Gasteiger partial charge in [-0.2, -0.15) is 0 Å². The van der Waals surface area contributed by atoms with Crippen molar-refractivity contribution in [1.82, 2.24) is 10.6 Å². The third kappa shape index (κ3) is 5.82. The zero-order valence-corrected chi connectivity index (χ0v) is 16.8. The molecule has 148 valence electrons. The molecule has 0 saturated carbocycles. The zero-order chi connectivity index (χ0) is 20.7. The fraction of sp³-hybridized carbons (Fsp3) is 0.300. The fourth-order valence-corrected chi connectivity index (χ4v) is 3.27. The van der Waals surface area contributed by atoms with E-state index < -0.39 is 16.9 Å². The van der Waals surface area contributed by atoms with E-state index in [-0.39, 0.29) is 17.2 Å². The quantitative estimate of drug-likeness (QED) is 0.519. The van der Waals surface area contributed by atoms with E-state index in [4.69, 9.17) is 0 Å². The molecule has 2 rings (SSSR count). The Kier molecular flexibility index (Phi) is 7.57. The normalized spacial score (nSPS) is 11.5. The number of benzene rings is 2. The van der Waals surface area contributed by atoms with E-state index >= 15 is 0 Å². The summed E-state index contributed by atoms with van der Waals surface area (Å²) in [5, 5.41) is 16.7. The maximum Gasteiger partial charge on any atom is 0.284 e. The molecule has 0 radical (unpaired) electrons. The monoisotopic (exact) mass is 401 g/mol. The SMILES string of the molecule is CCCNC(=O)[C@@H](C)NC(=O)c1ccc(Sc2ccc(C)cc2)c([N+](=O)[O-])c1. The number of hydrogen-bond donors (Lipinski definition) is 2. The number of amides is 2. The Morgan fingerprint density at radius 3 is 2.46 bits per heavy atom. The summed E-state index contributed by atoms with van der Waals surface area (Å²) in [6.45, 7) is 5.99. The van der Waals surface area contributed by atoms with E-state index in [0.29, 0.717) is 11.4 Å². The second kappa shape index (κ2) is 9.89. The lowest BCUT2D eigenvalue weighted by Gasteiger charge is -2.14. The van der Waals surface area contributed by atoms with Gasteiger partial charge in [-0.15, -0.1) is 0 Å². The molecule has 28 heavy (non-hydrogen) atoms. The van der Waals surface area contributed by atoms with Gasteiger partial charge in [0.15, 0.2) is 0 Å². The molecule has 0 aromatic heterocycles. The molecule has 0 bridgehead atoms. The largest absolute Gasteiger partial charge is 0.354 e. The van der Waals surface area contributed by atoms with E-state index in [2.05, 4.69) is 10.6 Å². The van der Waals surface area contributed by atoms with Crippen LogP contribution in [0.4, 0.5) is 5.69 Å². The van der Waals surface area contributed by atoms with Gasteiger partial charge in [0.2, 0.25) is 5.91 Å². The van der Waals surface area contributed by atoms with Crippen LogP contribution in [0.25, 0.3) is 0 Å². The lowest BCUT2D eigenvalue weighted by atomic mass is 10.1. The molecule has 1 atom stereocenters. The van der Waals surface area contributed by atoms with Crippen LogP contribution in [0.5, 0.6) is 0 Å². The number of nitro benzene ring substituents is 1. The van der Waals surface area contributed by atoms with Gasteiger partial charge in [-0.3, -0.25) is 19.7 Å². The molecule has 0 aliphatic carbocycles. The topological polar surface area (TPSA) is 101 Å². The maximum atomic E-state index is 12.4. The van der Waals surface area contributed by atoms with E-state index in [1.165, 1.54) is 23.9 Å². The summed E-state index contributed by atoms with van der Waals surface area (Å²) in [5.74, 6) is -0.828. The summed E-state index contributed by atoms with van der Waals surface area (Å²) in [6.07, 6.45) is 0.790. The molecule has 2 aromatic rings. The van der Waals surface area contributed by atoms with Gasteiger partial charge >= 0.3 is 0 Å². The molecular weight excluding hydrogens is 378 g/mol. The Morgan fingerprint density at radius 2 is 1.86 bits per heavy atom. The molecule has 0 aliphatic rings. The summed E-state index contributed by atoms with van der Waals surface area (Å²) in [6, 6.07) is 11.2. The molecule has 0 saturated heterocycles. The highest BCUT2D eigenvalue weighted by Crippen LogP contribution is 2.35. The number of carbonyl (C=O) groups excluding carboxylic acids is 2. The van der Waals surface area contributed by atoms with E-state index in [9.17, 15) is 19.7 Å². The first-order valence-electron chi connectivity index (χ1n) is 8.93. The van der Waals surface area contributed by atoms with Gasteiger partial charge in [-0.1, -0.05) is 36.4 Å². The molecule has 0 unspecified atom stereocenters. The molecule has 7 nitrogen and oxygen atoms in total. The van der Waals surface area contributed by atoms with Crippen molar-refractivity contribution >= 4 is 29.3 Å². The highest BCUT2D eigenvalue weighted by Gasteiger charge is 2.21. The number of rotatable bonds is 8. The van der Waals surface area contributed by atoms with Crippen LogP contribution in [0.2, 0.25) is 0 Å². The number of nitrogens with zero attached hydrogens (tertiary/aromatic N) is 1. The van der Waals surface area contributed by atoms with Gasteiger partial charge in [0.05, 0.1) is 9.82 Å². The van der Waals surface area contributed by atoms with Crippen LogP contribution in [0.3, 0.4) is 0 Å². The molecule has 2 N–H and O–H groups in total. The Balaban J connectivity index is 2.17. The van der Waals surface area contributed by atoms with Crippen LogP contribution in [-0.2, 0) is 4.79 Å². The van der Waals surface area contributed by atoms with Crippen molar-refractivity contribution in [3.63, 3.8) is 0 Å². The van der Waals surface area contributed by atoms with Crippen molar-refractivity contribution in [3.8, 4) is 0 Å². The minimum atomic E-state index is -0.736. The minimum Gasteiger partial charge on any atom is -0.354 e. The number of nitro groups is 1. The Labute approximate surface area is 168 Å². The summed E-state index contributed by atoms with van der Waals surface area (Å²) in [7, 11) is 0. The van der Waals surface area contributed by atoms with Gasteiger partial charge in [0.1, 0.15) is 6.04 Å². The van der Waals surface area contributed by atoms with Crippen LogP contribution >= 0.6 is 11.8 Å². The van der Waals surface area contributed by atoms with Crippen molar-refractivity contribution in [1.29, 1.82) is 0 Å². The highest BCUT2D eigenvalue weighted by atomic mass is 32.2. The smallest absolute Gasteiger partial charge is 0.284 e. The number of nitrogens with one attached hydrogen (secondary N) is 2. The van der Waals surface area contributed by atoms with Gasteiger partial charge in [-0.25, -0.2) is 0 Å². The van der Waals surface area contributed by atoms with Crippen molar-refractivity contribution in [2.45, 2.75) is 43.0 Å². The van der Waals surface area contributed by atoms with Gasteiger partial charge < -0.3 is 10.6 Å². The number of hydrogen-bond acceptors (Lipinski definition) is 5. The third-order valence-electron chi connectivity index (χ3n) is 3.96. The van der Waals surface area contributed by atoms with Crippen LogP contribution < -0.4 is 10.6 Å². The maximum absolute atomic E-state index is 12.4. The summed E-state index contributed by atoms with van der Waals surface area (Å²) >= 11 is 1.26. The molecule has 0 spiro atoms. The first-order valence-corrected chi connectivity index (χ1v) is 9.75. The minimum absolute atomic E-state index is 0.134. The third-order valence-corrected chi connectivity index (χ3v) is 5.03. The fourth-order valence-electron chi connectivity index (χ4n) is 2.37. The molecule has 0 aliphatic heterocycles. The van der Waals surface area contributed by atoms with E-state index in [0.717, 1.165) is 16.9 Å². The Bertz CT molecular complexity index is 868. The Hall–Kier alpha value is -2.87. The number of aryl methyl sites for hydroxylation is 1. The average molecular weight is 401 g/mol. The molecule has 0 fully saturated rings. The van der Waals surface area contributed by atoms with Crippen LogP contribution in [0, 0.1) is 17.0 Å². The Morgan fingerprint density at radius 1 is 1.18 bits per heavy atom. The van der Waals surface area contributed by atoms with Crippen LogP contribution in [0.1, 0.15) is 36.2 Å².